The minimum atomic E-state index is -0.291. The van der Waals surface area contributed by atoms with Crippen molar-refractivity contribution in [3.8, 4) is 0 Å². The summed E-state index contributed by atoms with van der Waals surface area (Å²) < 4.78 is 0. The van der Waals surface area contributed by atoms with E-state index in [9.17, 15) is 9.59 Å². The SMILES string of the molecule is O=C(NC1CC1)C1CC(=O)N(c2cc(Cl)cc(Cl)c2)C1. The summed E-state index contributed by atoms with van der Waals surface area (Å²) in [6, 6.07) is 5.30. The number of carbonyl (C=O) groups excluding carboxylic acids is 2. The monoisotopic (exact) mass is 312 g/mol. The van der Waals surface area contributed by atoms with Crippen LogP contribution in [0.3, 0.4) is 0 Å². The molecule has 1 aromatic rings. The van der Waals surface area contributed by atoms with Crippen molar-refractivity contribution >= 4 is 40.7 Å². The third kappa shape index (κ3) is 2.91. The molecule has 1 saturated heterocycles. The fourth-order valence-corrected chi connectivity index (χ4v) is 2.89. The maximum atomic E-state index is 12.1. The average Bonchev–Trinajstić information content (AvgIpc) is 3.08. The second-order valence-corrected chi connectivity index (χ2v) is 6.19. The van der Waals surface area contributed by atoms with Gasteiger partial charge in [-0.05, 0) is 31.0 Å². The Hall–Kier alpha value is -1.26. The van der Waals surface area contributed by atoms with E-state index in [1.54, 1.807) is 23.1 Å². The highest BCUT2D eigenvalue weighted by Gasteiger charge is 2.37. The molecule has 1 atom stereocenters. The zero-order valence-corrected chi connectivity index (χ0v) is 12.2. The van der Waals surface area contributed by atoms with Gasteiger partial charge in [0.15, 0.2) is 0 Å². The molecular weight excluding hydrogens is 299 g/mol. The Labute approximate surface area is 127 Å². The summed E-state index contributed by atoms with van der Waals surface area (Å²) in [6.45, 7) is 0.383. The van der Waals surface area contributed by atoms with Crippen molar-refractivity contribution in [1.29, 1.82) is 0 Å². The minimum absolute atomic E-state index is 0.0310. The molecule has 4 nitrogen and oxygen atoms in total. The standard InChI is InChI=1S/C14H14Cl2N2O2/c15-9-4-10(16)6-12(5-9)18-7-8(3-13(18)19)14(20)17-11-1-2-11/h4-6,8,11H,1-3,7H2,(H,17,20). The number of benzene rings is 1. The maximum Gasteiger partial charge on any atom is 0.227 e. The molecule has 1 heterocycles. The molecule has 2 amide bonds. The van der Waals surface area contributed by atoms with Crippen molar-refractivity contribution in [1.82, 2.24) is 5.32 Å². The summed E-state index contributed by atoms with van der Waals surface area (Å²) in [5.41, 5.74) is 0.647. The molecule has 1 aliphatic carbocycles. The van der Waals surface area contributed by atoms with Crippen molar-refractivity contribution in [2.45, 2.75) is 25.3 Å². The molecule has 0 radical (unpaired) electrons. The van der Waals surface area contributed by atoms with E-state index in [0.717, 1.165) is 12.8 Å². The van der Waals surface area contributed by atoms with E-state index in [0.29, 0.717) is 28.3 Å². The van der Waals surface area contributed by atoms with Gasteiger partial charge in [-0.25, -0.2) is 0 Å². The smallest absolute Gasteiger partial charge is 0.227 e. The lowest BCUT2D eigenvalue weighted by Crippen LogP contribution is -2.34. The molecule has 0 spiro atoms. The van der Waals surface area contributed by atoms with Crippen LogP contribution in [0.15, 0.2) is 18.2 Å². The van der Waals surface area contributed by atoms with E-state index in [1.165, 1.54) is 0 Å². The number of halogens is 2. The first-order valence-electron chi connectivity index (χ1n) is 6.60. The Morgan fingerprint density at radius 2 is 1.85 bits per heavy atom. The fourth-order valence-electron chi connectivity index (χ4n) is 2.37. The number of nitrogens with zero attached hydrogens (tertiary/aromatic N) is 1. The number of anilines is 1. The van der Waals surface area contributed by atoms with Crippen molar-refractivity contribution in [3.63, 3.8) is 0 Å². The molecule has 6 heteroatoms. The number of carbonyl (C=O) groups is 2. The topological polar surface area (TPSA) is 49.4 Å². The van der Waals surface area contributed by atoms with Gasteiger partial charge in [0.2, 0.25) is 11.8 Å². The Balaban J connectivity index is 1.74. The van der Waals surface area contributed by atoms with Crippen LogP contribution in [0.1, 0.15) is 19.3 Å². The van der Waals surface area contributed by atoms with Gasteiger partial charge < -0.3 is 10.2 Å². The highest BCUT2D eigenvalue weighted by atomic mass is 35.5. The van der Waals surface area contributed by atoms with Gasteiger partial charge in [-0.2, -0.15) is 0 Å². The maximum absolute atomic E-state index is 12.1. The van der Waals surface area contributed by atoms with Crippen LogP contribution in [0.5, 0.6) is 0 Å². The molecule has 20 heavy (non-hydrogen) atoms. The number of hydrogen-bond acceptors (Lipinski definition) is 2. The third-order valence-corrected chi connectivity index (χ3v) is 4.01. The molecule has 3 rings (SSSR count). The van der Waals surface area contributed by atoms with Crippen LogP contribution >= 0.6 is 23.2 Å². The summed E-state index contributed by atoms with van der Waals surface area (Å²) in [5, 5.41) is 3.90. The van der Waals surface area contributed by atoms with E-state index in [2.05, 4.69) is 5.32 Å². The van der Waals surface area contributed by atoms with Gasteiger partial charge in [0.1, 0.15) is 0 Å². The Bertz CT molecular complexity index is 552. The predicted octanol–water partition coefficient (Wildman–Crippen LogP) is 2.62. The second-order valence-electron chi connectivity index (χ2n) is 5.32. The van der Waals surface area contributed by atoms with E-state index in [4.69, 9.17) is 23.2 Å². The first-order valence-corrected chi connectivity index (χ1v) is 7.35. The highest BCUT2D eigenvalue weighted by Crippen LogP contribution is 2.30. The molecule has 2 fully saturated rings. The van der Waals surface area contributed by atoms with E-state index in [-0.39, 0.29) is 24.2 Å². The van der Waals surface area contributed by atoms with E-state index < -0.39 is 0 Å². The van der Waals surface area contributed by atoms with Crippen molar-refractivity contribution in [2.75, 3.05) is 11.4 Å². The Kier molecular flexibility index (Phi) is 3.61. The first kappa shape index (κ1) is 13.7. The Morgan fingerprint density at radius 3 is 2.45 bits per heavy atom. The number of amides is 2. The van der Waals surface area contributed by atoms with Crippen LogP contribution in [0.2, 0.25) is 10.0 Å². The van der Waals surface area contributed by atoms with Gasteiger partial charge in [0, 0.05) is 34.7 Å². The summed E-state index contributed by atoms with van der Waals surface area (Å²) in [7, 11) is 0. The van der Waals surface area contributed by atoms with E-state index >= 15 is 0 Å². The molecule has 1 aromatic carbocycles. The summed E-state index contributed by atoms with van der Waals surface area (Å²) in [6.07, 6.45) is 2.32. The first-order chi connectivity index (χ1) is 9.52. The molecule has 1 saturated carbocycles. The van der Waals surface area contributed by atoms with Crippen LogP contribution in [0.25, 0.3) is 0 Å². The predicted molar refractivity (Wildman–Crippen MR) is 78.1 cm³/mol. The second kappa shape index (κ2) is 5.26. The highest BCUT2D eigenvalue weighted by molar-refractivity contribution is 6.35. The van der Waals surface area contributed by atoms with Gasteiger partial charge >= 0.3 is 0 Å². The van der Waals surface area contributed by atoms with Gasteiger partial charge in [0.25, 0.3) is 0 Å². The van der Waals surface area contributed by atoms with Crippen LogP contribution in [0, 0.1) is 5.92 Å². The van der Waals surface area contributed by atoms with Gasteiger partial charge in [-0.3, -0.25) is 9.59 Å². The normalized spacial score (nSPS) is 22.2. The largest absolute Gasteiger partial charge is 0.353 e. The minimum Gasteiger partial charge on any atom is -0.353 e. The lowest BCUT2D eigenvalue weighted by molar-refractivity contribution is -0.126. The zero-order valence-electron chi connectivity index (χ0n) is 10.7. The van der Waals surface area contributed by atoms with Crippen molar-refractivity contribution < 1.29 is 9.59 Å². The summed E-state index contributed by atoms with van der Waals surface area (Å²) in [5.74, 6) is -0.392. The van der Waals surface area contributed by atoms with Gasteiger partial charge in [0.05, 0.1) is 5.92 Å². The summed E-state index contributed by atoms with van der Waals surface area (Å²) >= 11 is 11.9. The zero-order chi connectivity index (χ0) is 14.3. The number of nitrogens with one attached hydrogen (secondary N) is 1. The molecule has 2 aliphatic rings. The number of rotatable bonds is 3. The summed E-state index contributed by atoms with van der Waals surface area (Å²) in [4.78, 5) is 25.7. The third-order valence-electron chi connectivity index (χ3n) is 3.58. The molecule has 1 N–H and O–H groups in total. The lowest BCUT2D eigenvalue weighted by Gasteiger charge is -2.17. The average molecular weight is 313 g/mol. The number of hydrogen-bond donors (Lipinski definition) is 1. The van der Waals surface area contributed by atoms with Crippen LogP contribution < -0.4 is 10.2 Å². The molecular formula is C14H14Cl2N2O2. The molecule has 1 unspecified atom stereocenters. The van der Waals surface area contributed by atoms with Gasteiger partial charge in [-0.1, -0.05) is 23.2 Å². The lowest BCUT2D eigenvalue weighted by atomic mass is 10.1. The van der Waals surface area contributed by atoms with Gasteiger partial charge in [-0.15, -0.1) is 0 Å². The quantitative estimate of drug-likeness (QED) is 0.932. The Morgan fingerprint density at radius 1 is 1.20 bits per heavy atom. The van der Waals surface area contributed by atoms with Crippen LogP contribution in [-0.2, 0) is 9.59 Å². The molecule has 0 aromatic heterocycles. The molecule has 106 valence electrons. The molecule has 0 bridgehead atoms. The van der Waals surface area contributed by atoms with Crippen LogP contribution in [-0.4, -0.2) is 24.4 Å². The van der Waals surface area contributed by atoms with E-state index in [1.807, 2.05) is 0 Å². The van der Waals surface area contributed by atoms with Crippen LogP contribution in [0.4, 0.5) is 5.69 Å². The fraction of sp³-hybridized carbons (Fsp3) is 0.429. The van der Waals surface area contributed by atoms with Crippen molar-refractivity contribution in [3.05, 3.63) is 28.2 Å². The van der Waals surface area contributed by atoms with Crippen molar-refractivity contribution in [2.24, 2.45) is 5.92 Å². The molecule has 1 aliphatic heterocycles.